The molecular formula is C27H25F4N3O4. The number of anilines is 1. The minimum absolute atomic E-state index is 0.192. The quantitative estimate of drug-likeness (QED) is 0.420. The van der Waals surface area contributed by atoms with Crippen LogP contribution in [-0.2, 0) is 15.7 Å². The van der Waals surface area contributed by atoms with Crippen LogP contribution in [0.15, 0.2) is 72.8 Å². The summed E-state index contributed by atoms with van der Waals surface area (Å²) >= 11 is 0. The first-order chi connectivity index (χ1) is 17.9. The molecule has 0 aliphatic rings. The molecule has 200 valence electrons. The molecule has 3 rings (SSSR count). The molecule has 3 amide bonds. The van der Waals surface area contributed by atoms with Gasteiger partial charge in [-0.3, -0.25) is 14.5 Å². The number of benzene rings is 3. The minimum atomic E-state index is -5.04. The van der Waals surface area contributed by atoms with Crippen molar-refractivity contribution in [3.63, 3.8) is 0 Å². The zero-order valence-corrected chi connectivity index (χ0v) is 20.7. The SMILES string of the molecule is CNC(=O)[C@@H](NC(=O)c1ccc(F)cc1C(F)(F)F)C(OC(=O)N(C)c1ccccc1)c1ccccc1C. The molecule has 2 N–H and O–H groups in total. The van der Waals surface area contributed by atoms with Gasteiger partial charge in [-0.2, -0.15) is 13.2 Å². The molecule has 0 aliphatic heterocycles. The van der Waals surface area contributed by atoms with Crippen molar-refractivity contribution in [3.05, 3.63) is 101 Å². The molecule has 0 radical (unpaired) electrons. The van der Waals surface area contributed by atoms with Crippen molar-refractivity contribution in [2.45, 2.75) is 25.2 Å². The predicted molar refractivity (Wildman–Crippen MR) is 132 cm³/mol. The highest BCUT2D eigenvalue weighted by molar-refractivity contribution is 5.99. The van der Waals surface area contributed by atoms with E-state index in [2.05, 4.69) is 10.6 Å². The van der Waals surface area contributed by atoms with Crippen LogP contribution in [0, 0.1) is 12.7 Å². The number of alkyl halides is 3. The van der Waals surface area contributed by atoms with Gasteiger partial charge in [-0.1, -0.05) is 42.5 Å². The molecule has 2 atom stereocenters. The van der Waals surface area contributed by atoms with E-state index in [4.69, 9.17) is 4.74 Å². The summed E-state index contributed by atoms with van der Waals surface area (Å²) in [7, 11) is 2.70. The molecule has 38 heavy (non-hydrogen) atoms. The van der Waals surface area contributed by atoms with E-state index < -0.39 is 53.2 Å². The van der Waals surface area contributed by atoms with Crippen LogP contribution in [0.3, 0.4) is 0 Å². The number of carbonyl (C=O) groups excluding carboxylic acids is 3. The van der Waals surface area contributed by atoms with E-state index in [1.807, 2.05) is 0 Å². The van der Waals surface area contributed by atoms with Crippen LogP contribution in [0.25, 0.3) is 0 Å². The second-order valence-electron chi connectivity index (χ2n) is 8.31. The number of likely N-dealkylation sites (N-methyl/N-ethyl adjacent to an activating group) is 1. The molecule has 0 saturated heterocycles. The van der Waals surface area contributed by atoms with Gasteiger partial charge in [0.05, 0.1) is 11.1 Å². The number of carbonyl (C=O) groups is 3. The molecule has 3 aromatic rings. The number of ether oxygens (including phenoxy) is 1. The highest BCUT2D eigenvalue weighted by Crippen LogP contribution is 2.33. The fourth-order valence-corrected chi connectivity index (χ4v) is 3.76. The lowest BCUT2D eigenvalue weighted by Crippen LogP contribution is -2.51. The Labute approximate surface area is 216 Å². The molecule has 0 spiro atoms. The maximum atomic E-state index is 13.6. The van der Waals surface area contributed by atoms with Gasteiger partial charge >= 0.3 is 12.3 Å². The summed E-state index contributed by atoms with van der Waals surface area (Å²) in [6, 6.07) is 14.9. The zero-order valence-electron chi connectivity index (χ0n) is 20.7. The van der Waals surface area contributed by atoms with Gasteiger partial charge in [0.1, 0.15) is 11.9 Å². The summed E-state index contributed by atoms with van der Waals surface area (Å²) in [5, 5.41) is 4.60. The molecule has 0 aromatic heterocycles. The van der Waals surface area contributed by atoms with Gasteiger partial charge in [0, 0.05) is 19.8 Å². The van der Waals surface area contributed by atoms with Crippen LogP contribution in [-0.4, -0.2) is 38.0 Å². The topological polar surface area (TPSA) is 87.7 Å². The lowest BCUT2D eigenvalue weighted by molar-refractivity contribution is -0.138. The lowest BCUT2D eigenvalue weighted by atomic mass is 9.96. The molecule has 0 saturated carbocycles. The maximum absolute atomic E-state index is 13.6. The second-order valence-corrected chi connectivity index (χ2v) is 8.31. The van der Waals surface area contributed by atoms with Crippen molar-refractivity contribution in [2.75, 3.05) is 19.0 Å². The Morgan fingerprint density at radius 1 is 0.947 bits per heavy atom. The Kier molecular flexibility index (Phi) is 8.72. The predicted octanol–water partition coefficient (Wildman–Crippen LogP) is 5.01. The smallest absolute Gasteiger partial charge is 0.417 e. The first kappa shape index (κ1) is 28.2. The van der Waals surface area contributed by atoms with E-state index in [1.165, 1.54) is 19.0 Å². The van der Waals surface area contributed by atoms with Crippen LogP contribution < -0.4 is 15.5 Å². The van der Waals surface area contributed by atoms with Gasteiger partial charge < -0.3 is 15.4 Å². The van der Waals surface area contributed by atoms with E-state index in [0.717, 1.165) is 0 Å². The van der Waals surface area contributed by atoms with Crippen LogP contribution in [0.4, 0.5) is 28.0 Å². The van der Waals surface area contributed by atoms with Crippen LogP contribution in [0.1, 0.15) is 33.2 Å². The Morgan fingerprint density at radius 3 is 2.18 bits per heavy atom. The summed E-state index contributed by atoms with van der Waals surface area (Å²) in [6.07, 6.45) is -7.36. The normalized spacial score (nSPS) is 12.7. The molecule has 11 heteroatoms. The molecule has 0 aliphatic carbocycles. The molecule has 0 fully saturated rings. The maximum Gasteiger partial charge on any atom is 0.417 e. The fourth-order valence-electron chi connectivity index (χ4n) is 3.76. The molecule has 7 nitrogen and oxygen atoms in total. The average molecular weight is 532 g/mol. The highest BCUT2D eigenvalue weighted by atomic mass is 19.4. The van der Waals surface area contributed by atoms with Gasteiger partial charge in [0.2, 0.25) is 5.91 Å². The number of nitrogens with zero attached hydrogens (tertiary/aromatic N) is 1. The summed E-state index contributed by atoms with van der Waals surface area (Å²) in [4.78, 5) is 40.3. The largest absolute Gasteiger partial charge is 0.438 e. The number of halogens is 4. The Morgan fingerprint density at radius 2 is 1.58 bits per heavy atom. The summed E-state index contributed by atoms with van der Waals surface area (Å²) in [5.74, 6) is -3.33. The zero-order chi connectivity index (χ0) is 28.0. The first-order valence-electron chi connectivity index (χ1n) is 11.4. The number of rotatable bonds is 7. The first-order valence-corrected chi connectivity index (χ1v) is 11.4. The van der Waals surface area contributed by atoms with E-state index in [-0.39, 0.29) is 6.07 Å². The van der Waals surface area contributed by atoms with Gasteiger partial charge in [0.25, 0.3) is 5.91 Å². The molecule has 0 bridgehead atoms. The summed E-state index contributed by atoms with van der Waals surface area (Å²) < 4.78 is 59.9. The number of para-hydroxylation sites is 1. The molecule has 0 heterocycles. The summed E-state index contributed by atoms with van der Waals surface area (Å²) in [5.41, 5.74) is -1.01. The molecule has 3 aromatic carbocycles. The number of amides is 3. The third-order valence-corrected chi connectivity index (χ3v) is 5.79. The Hall–Kier alpha value is -4.41. The number of nitrogens with one attached hydrogen (secondary N) is 2. The molecular weight excluding hydrogens is 506 g/mol. The third-order valence-electron chi connectivity index (χ3n) is 5.79. The standard InChI is InChI=1S/C27H25F4N3O4/c1-16-9-7-8-12-19(16)23(38-26(37)34(3)18-10-5-4-6-11-18)22(25(36)32-2)33-24(35)20-14-13-17(28)15-21(20)27(29,30)31/h4-15,22-23H,1-3H3,(H,32,36)(H,33,35)/t22-,23?/m0/s1. The van der Waals surface area contributed by atoms with E-state index >= 15 is 0 Å². The number of hydrogen-bond donors (Lipinski definition) is 2. The number of aryl methyl sites for hydroxylation is 1. The molecule has 1 unspecified atom stereocenters. The van der Waals surface area contributed by atoms with Crippen molar-refractivity contribution < 1.29 is 36.7 Å². The van der Waals surface area contributed by atoms with Crippen molar-refractivity contribution >= 4 is 23.6 Å². The van der Waals surface area contributed by atoms with Crippen molar-refractivity contribution in [1.82, 2.24) is 10.6 Å². The van der Waals surface area contributed by atoms with Crippen molar-refractivity contribution in [3.8, 4) is 0 Å². The number of hydrogen-bond acceptors (Lipinski definition) is 4. The van der Waals surface area contributed by atoms with Crippen LogP contribution >= 0.6 is 0 Å². The van der Waals surface area contributed by atoms with Gasteiger partial charge in [0.15, 0.2) is 6.10 Å². The van der Waals surface area contributed by atoms with E-state index in [0.29, 0.717) is 28.9 Å². The Bertz CT molecular complexity index is 1320. The van der Waals surface area contributed by atoms with E-state index in [1.54, 1.807) is 61.5 Å². The van der Waals surface area contributed by atoms with Gasteiger partial charge in [-0.25, -0.2) is 9.18 Å². The summed E-state index contributed by atoms with van der Waals surface area (Å²) in [6.45, 7) is 1.68. The fraction of sp³-hybridized carbons (Fsp3) is 0.222. The third kappa shape index (κ3) is 6.47. The minimum Gasteiger partial charge on any atom is -0.438 e. The van der Waals surface area contributed by atoms with Crippen molar-refractivity contribution in [1.29, 1.82) is 0 Å². The monoisotopic (exact) mass is 531 g/mol. The van der Waals surface area contributed by atoms with E-state index in [9.17, 15) is 31.9 Å². The second kappa shape index (κ2) is 11.8. The lowest BCUT2D eigenvalue weighted by Gasteiger charge is -2.30. The van der Waals surface area contributed by atoms with Gasteiger partial charge in [-0.05, 0) is 48.4 Å². The Balaban J connectivity index is 2.04. The average Bonchev–Trinajstić information content (AvgIpc) is 2.89. The van der Waals surface area contributed by atoms with Crippen molar-refractivity contribution in [2.24, 2.45) is 0 Å². The van der Waals surface area contributed by atoms with Crippen LogP contribution in [0.2, 0.25) is 0 Å². The van der Waals surface area contributed by atoms with Crippen LogP contribution in [0.5, 0.6) is 0 Å². The van der Waals surface area contributed by atoms with Gasteiger partial charge in [-0.15, -0.1) is 0 Å². The highest BCUT2D eigenvalue weighted by Gasteiger charge is 2.39.